The molecule has 0 spiro atoms. The van der Waals surface area contributed by atoms with Crippen LogP contribution in [0.4, 0.5) is 19.3 Å². The van der Waals surface area contributed by atoms with Crippen LogP contribution in [0.1, 0.15) is 36.8 Å². The fourth-order valence-electron chi connectivity index (χ4n) is 5.52. The van der Waals surface area contributed by atoms with Gasteiger partial charge in [0, 0.05) is 55.5 Å². The number of para-hydroxylation sites is 1. The molecule has 2 atom stereocenters. The first-order valence-corrected chi connectivity index (χ1v) is 14.5. The molecular weight excluding hydrogens is 552 g/mol. The second-order valence-electron chi connectivity index (χ2n) is 11.3. The van der Waals surface area contributed by atoms with E-state index in [2.05, 4.69) is 15.6 Å². The maximum atomic E-state index is 14.8. The van der Waals surface area contributed by atoms with Gasteiger partial charge in [0.05, 0.1) is 5.69 Å². The van der Waals surface area contributed by atoms with Crippen LogP contribution in [0.15, 0.2) is 72.9 Å². The summed E-state index contributed by atoms with van der Waals surface area (Å²) in [4.78, 5) is 34.2. The molecule has 0 radical (unpaired) electrons. The van der Waals surface area contributed by atoms with Gasteiger partial charge in [0.2, 0.25) is 5.91 Å². The van der Waals surface area contributed by atoms with Crippen LogP contribution in [0, 0.1) is 11.6 Å². The minimum atomic E-state index is -0.989. The number of hydrogen-bond acceptors (Lipinski definition) is 4. The zero-order valence-corrected chi connectivity index (χ0v) is 24.6. The molecule has 8 nitrogen and oxygen atoms in total. The van der Waals surface area contributed by atoms with Crippen LogP contribution in [0.5, 0.6) is 5.75 Å². The molecule has 2 heterocycles. The molecule has 0 unspecified atom stereocenters. The topological polar surface area (TPSA) is 89.7 Å². The van der Waals surface area contributed by atoms with E-state index in [1.54, 1.807) is 29.2 Å². The Balaban J connectivity index is 1.32. The van der Waals surface area contributed by atoms with E-state index in [0.717, 1.165) is 22.0 Å². The van der Waals surface area contributed by atoms with Gasteiger partial charge in [-0.2, -0.15) is 0 Å². The Morgan fingerprint density at radius 1 is 1.05 bits per heavy atom. The molecular formula is C33H37F2N5O3. The van der Waals surface area contributed by atoms with E-state index in [1.807, 2.05) is 56.4 Å². The summed E-state index contributed by atoms with van der Waals surface area (Å²) in [6.45, 7) is 3.31. The number of anilines is 1. The fourth-order valence-corrected chi connectivity index (χ4v) is 5.52. The van der Waals surface area contributed by atoms with Gasteiger partial charge in [-0.15, -0.1) is 0 Å². The molecule has 5 rings (SSSR count). The van der Waals surface area contributed by atoms with Gasteiger partial charge < -0.3 is 30.2 Å². The average molecular weight is 590 g/mol. The van der Waals surface area contributed by atoms with E-state index in [1.165, 1.54) is 18.2 Å². The zero-order valence-electron chi connectivity index (χ0n) is 24.6. The van der Waals surface area contributed by atoms with Gasteiger partial charge in [-0.1, -0.05) is 31.2 Å². The van der Waals surface area contributed by atoms with E-state index in [9.17, 15) is 18.4 Å². The van der Waals surface area contributed by atoms with Gasteiger partial charge in [0.15, 0.2) is 0 Å². The number of hydrogen-bond donors (Lipinski definition) is 3. The number of ether oxygens (including phenoxy) is 1. The van der Waals surface area contributed by atoms with Crippen molar-refractivity contribution in [2.75, 3.05) is 32.5 Å². The van der Waals surface area contributed by atoms with E-state index in [0.29, 0.717) is 38.2 Å². The van der Waals surface area contributed by atoms with Gasteiger partial charge in [0.25, 0.3) is 0 Å². The molecule has 1 aliphatic rings. The normalized spacial score (nSPS) is 15.3. The smallest absolute Gasteiger partial charge is 0.318 e. The molecule has 0 bridgehead atoms. The second kappa shape index (κ2) is 13.2. The quantitative estimate of drug-likeness (QED) is 0.228. The molecule has 10 heteroatoms. The van der Waals surface area contributed by atoms with E-state index >= 15 is 0 Å². The molecule has 1 aromatic heterocycles. The van der Waals surface area contributed by atoms with Gasteiger partial charge in [0.1, 0.15) is 29.5 Å². The number of likely N-dealkylation sites (tertiary alicyclic amines) is 1. The SMILES string of the molecule is C[C@@H](c1c[nH]c2ccccc12)[C@@H](NC(=O)N1CCC(Oc2ccc(F)cc2)CC1)C(=O)Nc1cc(CN(C)C)ccc1F. The van der Waals surface area contributed by atoms with Crippen LogP contribution >= 0.6 is 0 Å². The third-order valence-corrected chi connectivity index (χ3v) is 7.81. The van der Waals surface area contributed by atoms with Crippen molar-refractivity contribution in [3.63, 3.8) is 0 Å². The number of carbonyl (C=O) groups is 2. The minimum absolute atomic E-state index is 0.0634. The predicted molar refractivity (Wildman–Crippen MR) is 163 cm³/mol. The fraction of sp³-hybridized carbons (Fsp3) is 0.333. The maximum absolute atomic E-state index is 14.8. The number of nitrogens with zero attached hydrogens (tertiary/aromatic N) is 2. The zero-order chi connectivity index (χ0) is 30.5. The number of amides is 3. The lowest BCUT2D eigenvalue weighted by Gasteiger charge is -2.34. The molecule has 3 N–H and O–H groups in total. The molecule has 226 valence electrons. The molecule has 0 aliphatic carbocycles. The Morgan fingerprint density at radius 2 is 1.77 bits per heavy atom. The van der Waals surface area contributed by atoms with Crippen LogP contribution in [-0.2, 0) is 11.3 Å². The van der Waals surface area contributed by atoms with Crippen LogP contribution < -0.4 is 15.4 Å². The number of rotatable bonds is 9. The van der Waals surface area contributed by atoms with Gasteiger partial charge >= 0.3 is 6.03 Å². The molecule has 3 aromatic carbocycles. The van der Waals surface area contributed by atoms with Crippen LogP contribution in [0.3, 0.4) is 0 Å². The van der Waals surface area contributed by atoms with Crippen molar-refractivity contribution in [1.82, 2.24) is 20.1 Å². The first-order chi connectivity index (χ1) is 20.7. The largest absolute Gasteiger partial charge is 0.490 e. The lowest BCUT2D eigenvalue weighted by molar-refractivity contribution is -0.118. The maximum Gasteiger partial charge on any atom is 0.318 e. The van der Waals surface area contributed by atoms with Crippen molar-refractivity contribution in [3.05, 3.63) is 95.7 Å². The predicted octanol–water partition coefficient (Wildman–Crippen LogP) is 5.87. The highest BCUT2D eigenvalue weighted by molar-refractivity contribution is 5.98. The number of benzene rings is 3. The number of piperidine rings is 1. The van der Waals surface area contributed by atoms with Crippen LogP contribution in [0.25, 0.3) is 10.9 Å². The summed E-state index contributed by atoms with van der Waals surface area (Å²) >= 11 is 0. The third-order valence-electron chi connectivity index (χ3n) is 7.81. The summed E-state index contributed by atoms with van der Waals surface area (Å²) in [7, 11) is 3.82. The number of fused-ring (bicyclic) bond motifs is 1. The van der Waals surface area contributed by atoms with Crippen molar-refractivity contribution >= 4 is 28.5 Å². The van der Waals surface area contributed by atoms with Gasteiger partial charge in [-0.25, -0.2) is 13.6 Å². The standard InChI is InChI=1S/C33H37F2N5O3/c1-21(27-19-36-29-7-5-4-6-26(27)29)31(32(41)37-30-18-22(20-39(2)3)8-13-28(30)35)38-33(42)40-16-14-25(15-17-40)43-24-11-9-23(34)10-12-24/h4-13,18-19,21,25,31,36H,14-17,20H2,1-3H3,(H,37,41)(H,38,42)/t21-,31+/m0/s1. The Hall–Kier alpha value is -4.44. The number of nitrogens with one attached hydrogen (secondary N) is 3. The lowest BCUT2D eigenvalue weighted by atomic mass is 9.92. The van der Waals surface area contributed by atoms with E-state index in [4.69, 9.17) is 4.74 Å². The third kappa shape index (κ3) is 7.32. The molecule has 1 saturated heterocycles. The number of H-pyrrole nitrogens is 1. The summed E-state index contributed by atoms with van der Waals surface area (Å²) in [5.74, 6) is -1.25. The highest BCUT2D eigenvalue weighted by Gasteiger charge is 2.33. The number of urea groups is 1. The van der Waals surface area contributed by atoms with Crippen LogP contribution in [0.2, 0.25) is 0 Å². The Kier molecular flexibility index (Phi) is 9.25. The van der Waals surface area contributed by atoms with E-state index in [-0.39, 0.29) is 23.6 Å². The minimum Gasteiger partial charge on any atom is -0.490 e. The summed E-state index contributed by atoms with van der Waals surface area (Å²) < 4.78 is 34.0. The molecule has 0 saturated carbocycles. The molecule has 3 amide bonds. The molecule has 1 fully saturated rings. The first-order valence-electron chi connectivity index (χ1n) is 14.5. The highest BCUT2D eigenvalue weighted by atomic mass is 19.1. The molecule has 4 aromatic rings. The van der Waals surface area contributed by atoms with Crippen molar-refractivity contribution in [1.29, 1.82) is 0 Å². The number of aromatic amines is 1. The number of carbonyl (C=O) groups excluding carboxylic acids is 2. The highest BCUT2D eigenvalue weighted by Crippen LogP contribution is 2.29. The Labute approximate surface area is 250 Å². The monoisotopic (exact) mass is 589 g/mol. The second-order valence-corrected chi connectivity index (χ2v) is 11.3. The van der Waals surface area contributed by atoms with Crippen molar-refractivity contribution in [3.8, 4) is 5.75 Å². The summed E-state index contributed by atoms with van der Waals surface area (Å²) in [5.41, 5.74) is 2.69. The van der Waals surface area contributed by atoms with Crippen LogP contribution in [-0.4, -0.2) is 66.1 Å². The van der Waals surface area contributed by atoms with E-state index < -0.39 is 23.7 Å². The number of halogens is 2. The average Bonchev–Trinajstić information content (AvgIpc) is 3.43. The van der Waals surface area contributed by atoms with Gasteiger partial charge in [-0.05, 0) is 67.7 Å². The summed E-state index contributed by atoms with van der Waals surface area (Å²) in [5, 5.41) is 6.63. The van der Waals surface area contributed by atoms with Crippen molar-refractivity contribution in [2.45, 2.75) is 44.4 Å². The van der Waals surface area contributed by atoms with Crippen molar-refractivity contribution < 1.29 is 23.1 Å². The first kappa shape index (κ1) is 30.0. The Morgan fingerprint density at radius 3 is 2.49 bits per heavy atom. The van der Waals surface area contributed by atoms with Gasteiger partial charge in [-0.3, -0.25) is 4.79 Å². The Bertz CT molecular complexity index is 1560. The summed E-state index contributed by atoms with van der Waals surface area (Å²) in [6.07, 6.45) is 2.90. The molecule has 43 heavy (non-hydrogen) atoms. The molecule has 1 aliphatic heterocycles. The lowest BCUT2D eigenvalue weighted by Crippen LogP contribution is -2.53. The number of aromatic nitrogens is 1. The van der Waals surface area contributed by atoms with Crippen molar-refractivity contribution in [2.24, 2.45) is 0 Å². The summed E-state index contributed by atoms with van der Waals surface area (Å²) in [6, 6.07) is 16.9.